The summed E-state index contributed by atoms with van der Waals surface area (Å²) < 4.78 is 46.3. The topological polar surface area (TPSA) is 67.0 Å². The Hall–Kier alpha value is -3.29. The van der Waals surface area contributed by atoms with Crippen molar-refractivity contribution in [3.8, 4) is 16.9 Å². The largest absolute Gasteiger partial charge is 0.496 e. The van der Waals surface area contributed by atoms with Crippen LogP contribution in [-0.4, -0.2) is 23.2 Å². The maximum atomic E-state index is 13.7. The minimum absolute atomic E-state index is 0.0498. The molecule has 1 aromatic heterocycles. The summed E-state index contributed by atoms with van der Waals surface area (Å²) in [4.78, 5) is 12.2. The number of halogens is 3. The van der Waals surface area contributed by atoms with Gasteiger partial charge in [-0.3, -0.25) is 9.89 Å². The Balaban J connectivity index is 1.96. The van der Waals surface area contributed by atoms with Crippen LogP contribution in [0, 0.1) is 0 Å². The van der Waals surface area contributed by atoms with Crippen molar-refractivity contribution in [3.05, 3.63) is 71.5 Å². The zero-order valence-corrected chi connectivity index (χ0v) is 14.3. The van der Waals surface area contributed by atoms with Crippen molar-refractivity contribution in [1.29, 1.82) is 0 Å². The smallest absolute Gasteiger partial charge is 0.420 e. The van der Waals surface area contributed by atoms with Gasteiger partial charge >= 0.3 is 6.18 Å². The average molecular weight is 375 g/mol. The third-order valence-electron chi connectivity index (χ3n) is 4.01. The number of carbonyl (C=O) groups excluding carboxylic acids is 1. The minimum Gasteiger partial charge on any atom is -0.496 e. The third-order valence-corrected chi connectivity index (χ3v) is 4.01. The maximum absolute atomic E-state index is 13.7. The van der Waals surface area contributed by atoms with Gasteiger partial charge in [0.15, 0.2) is 0 Å². The van der Waals surface area contributed by atoms with E-state index in [1.807, 2.05) is 0 Å². The van der Waals surface area contributed by atoms with E-state index < -0.39 is 11.7 Å². The van der Waals surface area contributed by atoms with E-state index in [1.54, 1.807) is 30.3 Å². The number of nitrogens with one attached hydrogen (secondary N) is 2. The second kappa shape index (κ2) is 7.53. The first-order chi connectivity index (χ1) is 12.9. The Labute approximate surface area is 153 Å². The average Bonchev–Trinajstić information content (AvgIpc) is 3.19. The molecule has 8 heteroatoms. The lowest BCUT2D eigenvalue weighted by molar-refractivity contribution is -0.138. The molecule has 0 aliphatic heterocycles. The van der Waals surface area contributed by atoms with E-state index in [-0.39, 0.29) is 29.3 Å². The normalized spacial score (nSPS) is 11.3. The van der Waals surface area contributed by atoms with Crippen molar-refractivity contribution in [2.24, 2.45) is 0 Å². The van der Waals surface area contributed by atoms with Gasteiger partial charge in [0.1, 0.15) is 11.3 Å². The molecule has 0 fully saturated rings. The molecular formula is C19H16F3N3O2. The van der Waals surface area contributed by atoms with Gasteiger partial charge in [-0.15, -0.1) is 0 Å². The lowest BCUT2D eigenvalue weighted by atomic mass is 9.97. The number of alkyl halides is 3. The molecular weight excluding hydrogens is 359 g/mol. The van der Waals surface area contributed by atoms with Gasteiger partial charge in [-0.2, -0.15) is 18.3 Å². The lowest BCUT2D eigenvalue weighted by Gasteiger charge is -2.19. The molecule has 0 aliphatic carbocycles. The first-order valence-electron chi connectivity index (χ1n) is 8.01. The third kappa shape index (κ3) is 3.94. The number of nitrogens with zero attached hydrogens (tertiary/aromatic N) is 1. The molecule has 140 valence electrons. The molecule has 1 heterocycles. The number of ether oxygens (including phenoxy) is 1. The number of amides is 1. The van der Waals surface area contributed by atoms with Crippen molar-refractivity contribution < 1.29 is 22.7 Å². The molecule has 3 rings (SSSR count). The van der Waals surface area contributed by atoms with Crippen LogP contribution in [0.5, 0.6) is 5.75 Å². The number of benzene rings is 2. The predicted molar refractivity (Wildman–Crippen MR) is 93.2 cm³/mol. The molecule has 0 spiro atoms. The van der Waals surface area contributed by atoms with Crippen molar-refractivity contribution >= 4 is 5.91 Å². The molecule has 0 bridgehead atoms. The molecule has 2 aromatic carbocycles. The zero-order valence-electron chi connectivity index (χ0n) is 14.3. The highest BCUT2D eigenvalue weighted by Crippen LogP contribution is 2.44. The SMILES string of the molecule is COc1c(CNC(=O)c2ccccc2)ccc(-c2cn[nH]c2)c1C(F)(F)F. The van der Waals surface area contributed by atoms with Crippen molar-refractivity contribution in [1.82, 2.24) is 15.5 Å². The molecule has 0 unspecified atom stereocenters. The van der Waals surface area contributed by atoms with Crippen LogP contribution >= 0.6 is 0 Å². The number of carbonyl (C=O) groups is 1. The van der Waals surface area contributed by atoms with Gasteiger partial charge in [0.2, 0.25) is 0 Å². The van der Waals surface area contributed by atoms with Gasteiger partial charge in [0.25, 0.3) is 5.91 Å². The van der Waals surface area contributed by atoms with Crippen LogP contribution in [0.15, 0.2) is 54.9 Å². The van der Waals surface area contributed by atoms with E-state index in [1.165, 1.54) is 31.6 Å². The molecule has 27 heavy (non-hydrogen) atoms. The summed E-state index contributed by atoms with van der Waals surface area (Å²) in [6.45, 7) is -0.106. The Morgan fingerprint density at radius 1 is 1.19 bits per heavy atom. The summed E-state index contributed by atoms with van der Waals surface area (Å²) in [5, 5.41) is 8.82. The quantitative estimate of drug-likeness (QED) is 0.707. The van der Waals surface area contributed by atoms with Crippen LogP contribution in [0.4, 0.5) is 13.2 Å². The van der Waals surface area contributed by atoms with Crippen LogP contribution in [-0.2, 0) is 12.7 Å². The molecule has 0 saturated heterocycles. The standard InChI is InChI=1S/C19H16F3N3O2/c1-27-17-13(9-23-18(26)12-5-3-2-4-6-12)7-8-15(14-10-24-25-11-14)16(17)19(20,21)22/h2-8,10-11H,9H2,1H3,(H,23,26)(H,24,25). The van der Waals surface area contributed by atoms with Crippen LogP contribution in [0.1, 0.15) is 21.5 Å². The Kier molecular flexibility index (Phi) is 5.16. The number of aromatic amines is 1. The number of rotatable bonds is 5. The van der Waals surface area contributed by atoms with E-state index in [0.717, 1.165) is 0 Å². The van der Waals surface area contributed by atoms with Crippen molar-refractivity contribution in [3.63, 3.8) is 0 Å². The van der Waals surface area contributed by atoms with Gasteiger partial charge in [-0.25, -0.2) is 0 Å². The second-order valence-corrected chi connectivity index (χ2v) is 5.71. The lowest BCUT2D eigenvalue weighted by Crippen LogP contribution is -2.23. The number of H-pyrrole nitrogens is 1. The first-order valence-corrected chi connectivity index (χ1v) is 8.01. The Bertz CT molecular complexity index is 923. The number of aromatic nitrogens is 2. The van der Waals surface area contributed by atoms with Gasteiger partial charge < -0.3 is 10.1 Å². The maximum Gasteiger partial charge on any atom is 0.420 e. The van der Waals surface area contributed by atoms with Gasteiger partial charge in [0.05, 0.1) is 13.3 Å². The van der Waals surface area contributed by atoms with E-state index in [9.17, 15) is 18.0 Å². The highest BCUT2D eigenvalue weighted by molar-refractivity contribution is 5.94. The monoisotopic (exact) mass is 375 g/mol. The molecule has 3 aromatic rings. The molecule has 0 saturated carbocycles. The van der Waals surface area contributed by atoms with Gasteiger partial charge in [-0.05, 0) is 12.1 Å². The summed E-state index contributed by atoms with van der Waals surface area (Å²) in [7, 11) is 1.17. The van der Waals surface area contributed by atoms with E-state index in [2.05, 4.69) is 15.5 Å². The highest BCUT2D eigenvalue weighted by Gasteiger charge is 2.38. The predicted octanol–water partition coefficient (Wildman–Crippen LogP) is 4.03. The fourth-order valence-electron chi connectivity index (χ4n) is 2.79. The fraction of sp³-hybridized carbons (Fsp3) is 0.158. The number of hydrogen-bond acceptors (Lipinski definition) is 3. The zero-order chi connectivity index (χ0) is 19.4. The van der Waals surface area contributed by atoms with E-state index >= 15 is 0 Å². The Morgan fingerprint density at radius 2 is 1.93 bits per heavy atom. The van der Waals surface area contributed by atoms with Crippen LogP contribution in [0.3, 0.4) is 0 Å². The molecule has 5 nitrogen and oxygen atoms in total. The number of hydrogen-bond donors (Lipinski definition) is 2. The van der Waals surface area contributed by atoms with Crippen molar-refractivity contribution in [2.45, 2.75) is 12.7 Å². The molecule has 0 aliphatic rings. The molecule has 0 radical (unpaired) electrons. The molecule has 1 amide bonds. The van der Waals surface area contributed by atoms with Crippen LogP contribution in [0.25, 0.3) is 11.1 Å². The molecule has 2 N–H and O–H groups in total. The van der Waals surface area contributed by atoms with Gasteiger partial charge in [-0.1, -0.05) is 30.3 Å². The minimum atomic E-state index is -4.64. The van der Waals surface area contributed by atoms with Gasteiger partial charge in [0, 0.05) is 35.0 Å². The summed E-state index contributed by atoms with van der Waals surface area (Å²) in [5.74, 6) is -0.709. The summed E-state index contributed by atoms with van der Waals surface area (Å²) in [6, 6.07) is 11.3. The second-order valence-electron chi connectivity index (χ2n) is 5.71. The number of methoxy groups -OCH3 is 1. The van der Waals surface area contributed by atoms with Crippen LogP contribution < -0.4 is 10.1 Å². The Morgan fingerprint density at radius 3 is 2.52 bits per heavy atom. The van der Waals surface area contributed by atoms with Crippen molar-refractivity contribution in [2.75, 3.05) is 7.11 Å². The highest BCUT2D eigenvalue weighted by atomic mass is 19.4. The summed E-state index contributed by atoms with van der Waals surface area (Å²) >= 11 is 0. The summed E-state index contributed by atoms with van der Waals surface area (Å²) in [6.07, 6.45) is -1.96. The molecule has 0 atom stereocenters. The fourth-order valence-corrected chi connectivity index (χ4v) is 2.79. The van der Waals surface area contributed by atoms with E-state index in [0.29, 0.717) is 11.1 Å². The summed E-state index contributed by atoms with van der Waals surface area (Å²) in [5.41, 5.74) is -0.0199. The van der Waals surface area contributed by atoms with E-state index in [4.69, 9.17) is 4.74 Å². The van der Waals surface area contributed by atoms with Crippen LogP contribution in [0.2, 0.25) is 0 Å². The first kappa shape index (κ1) is 18.5.